The number of benzene rings is 2. The monoisotopic (exact) mass is 477 g/mol. The standard InChI is InChI=1S/C21H20FN3O5S2/c1-30-19-7-4-16(24-20(26)8-10-23-21(27)14-9-11-31-13-14)12-18(19)25-32(28,29)17-5-2-15(22)3-6-17/h2-7,9,11-13,25H,8,10H2,1H3,(H,23,27)(H,24,26). The van der Waals surface area contributed by atoms with Crippen molar-refractivity contribution < 1.29 is 27.1 Å². The molecule has 8 nitrogen and oxygen atoms in total. The predicted octanol–water partition coefficient (Wildman–Crippen LogP) is 3.46. The first kappa shape index (κ1) is 23.2. The molecule has 168 valence electrons. The smallest absolute Gasteiger partial charge is 0.262 e. The summed E-state index contributed by atoms with van der Waals surface area (Å²) >= 11 is 1.40. The first-order chi connectivity index (χ1) is 15.3. The van der Waals surface area contributed by atoms with E-state index in [-0.39, 0.29) is 41.1 Å². The Balaban J connectivity index is 1.64. The normalized spacial score (nSPS) is 10.9. The largest absolute Gasteiger partial charge is 0.495 e. The van der Waals surface area contributed by atoms with Crippen LogP contribution >= 0.6 is 11.3 Å². The minimum atomic E-state index is -4.01. The number of hydrogen-bond acceptors (Lipinski definition) is 6. The number of nitrogens with one attached hydrogen (secondary N) is 3. The number of anilines is 2. The zero-order valence-corrected chi connectivity index (χ0v) is 18.6. The van der Waals surface area contributed by atoms with E-state index in [4.69, 9.17) is 4.74 Å². The lowest BCUT2D eigenvalue weighted by atomic mass is 10.2. The number of carbonyl (C=O) groups is 2. The summed E-state index contributed by atoms with van der Waals surface area (Å²) in [4.78, 5) is 24.0. The van der Waals surface area contributed by atoms with E-state index in [9.17, 15) is 22.4 Å². The highest BCUT2D eigenvalue weighted by Gasteiger charge is 2.17. The van der Waals surface area contributed by atoms with E-state index >= 15 is 0 Å². The fourth-order valence-corrected chi connectivity index (χ4v) is 4.39. The van der Waals surface area contributed by atoms with Crippen LogP contribution in [0.4, 0.5) is 15.8 Å². The summed E-state index contributed by atoms with van der Waals surface area (Å²) < 4.78 is 45.9. The molecule has 1 aromatic heterocycles. The molecular weight excluding hydrogens is 457 g/mol. The van der Waals surface area contributed by atoms with Gasteiger partial charge >= 0.3 is 0 Å². The second-order valence-electron chi connectivity index (χ2n) is 6.54. The highest BCUT2D eigenvalue weighted by atomic mass is 32.2. The van der Waals surface area contributed by atoms with Gasteiger partial charge in [-0.15, -0.1) is 0 Å². The summed E-state index contributed by atoms with van der Waals surface area (Å²) in [7, 11) is -2.63. The van der Waals surface area contributed by atoms with Crippen LogP contribution in [0.3, 0.4) is 0 Å². The second-order valence-corrected chi connectivity index (χ2v) is 9.00. The zero-order valence-electron chi connectivity index (χ0n) is 16.9. The fraction of sp³-hybridized carbons (Fsp3) is 0.143. The third-order valence-corrected chi connectivity index (χ3v) is 6.34. The number of thiophene rings is 1. The van der Waals surface area contributed by atoms with E-state index in [1.807, 2.05) is 0 Å². The van der Waals surface area contributed by atoms with Gasteiger partial charge in [0.25, 0.3) is 15.9 Å². The first-order valence-electron chi connectivity index (χ1n) is 9.35. The van der Waals surface area contributed by atoms with Crippen LogP contribution in [0.5, 0.6) is 5.75 Å². The summed E-state index contributed by atoms with van der Waals surface area (Å²) in [6.45, 7) is 0.140. The van der Waals surface area contributed by atoms with Crippen LogP contribution in [0, 0.1) is 5.82 Å². The van der Waals surface area contributed by atoms with Gasteiger partial charge in [0.1, 0.15) is 11.6 Å². The highest BCUT2D eigenvalue weighted by Crippen LogP contribution is 2.30. The number of sulfonamides is 1. The van der Waals surface area contributed by atoms with Crippen LogP contribution in [0.1, 0.15) is 16.8 Å². The summed E-state index contributed by atoms with van der Waals surface area (Å²) in [5.74, 6) is -0.955. The minimum Gasteiger partial charge on any atom is -0.495 e. The third kappa shape index (κ3) is 6.05. The molecule has 11 heteroatoms. The van der Waals surface area contributed by atoms with Gasteiger partial charge in [0, 0.05) is 29.6 Å². The fourth-order valence-electron chi connectivity index (χ4n) is 2.69. The zero-order chi connectivity index (χ0) is 23.1. The number of halogens is 1. The molecule has 0 saturated heterocycles. The summed E-state index contributed by atoms with van der Waals surface area (Å²) in [6, 6.07) is 10.5. The average Bonchev–Trinajstić information content (AvgIpc) is 3.29. The maximum atomic E-state index is 13.1. The first-order valence-corrected chi connectivity index (χ1v) is 11.8. The Hall–Kier alpha value is -3.44. The molecule has 0 radical (unpaired) electrons. The molecule has 0 aliphatic heterocycles. The van der Waals surface area contributed by atoms with E-state index < -0.39 is 15.8 Å². The molecule has 0 bridgehead atoms. The Bertz CT molecular complexity index is 1200. The Labute approximate surface area is 188 Å². The second kappa shape index (κ2) is 10.2. The number of hydrogen-bond donors (Lipinski definition) is 3. The molecule has 0 fully saturated rings. The summed E-state index contributed by atoms with van der Waals surface area (Å²) in [5, 5.41) is 8.79. The molecule has 0 unspecified atom stereocenters. The van der Waals surface area contributed by atoms with Crippen LogP contribution in [0.15, 0.2) is 64.2 Å². The van der Waals surface area contributed by atoms with Gasteiger partial charge < -0.3 is 15.4 Å². The van der Waals surface area contributed by atoms with Crippen molar-refractivity contribution in [2.45, 2.75) is 11.3 Å². The van der Waals surface area contributed by atoms with E-state index in [1.165, 1.54) is 30.6 Å². The van der Waals surface area contributed by atoms with Gasteiger partial charge in [0.15, 0.2) is 0 Å². The third-order valence-electron chi connectivity index (χ3n) is 4.27. The number of ether oxygens (including phenoxy) is 1. The molecule has 3 aromatic rings. The van der Waals surface area contributed by atoms with Crippen molar-refractivity contribution in [1.29, 1.82) is 0 Å². The van der Waals surface area contributed by atoms with Crippen molar-refractivity contribution in [3.63, 3.8) is 0 Å². The van der Waals surface area contributed by atoms with Crippen LogP contribution in [-0.4, -0.2) is 33.9 Å². The van der Waals surface area contributed by atoms with Crippen molar-refractivity contribution >= 4 is 44.5 Å². The molecule has 0 aliphatic rings. The quantitative estimate of drug-likeness (QED) is 0.437. The molecule has 32 heavy (non-hydrogen) atoms. The maximum Gasteiger partial charge on any atom is 0.262 e. The van der Waals surface area contributed by atoms with Crippen LogP contribution < -0.4 is 20.1 Å². The minimum absolute atomic E-state index is 0.0263. The number of rotatable bonds is 9. The van der Waals surface area contributed by atoms with Gasteiger partial charge in [-0.2, -0.15) is 11.3 Å². The molecule has 1 heterocycles. The molecule has 2 amide bonds. The van der Waals surface area contributed by atoms with Gasteiger partial charge in [-0.1, -0.05) is 0 Å². The average molecular weight is 478 g/mol. The predicted molar refractivity (Wildman–Crippen MR) is 120 cm³/mol. The van der Waals surface area contributed by atoms with Crippen molar-refractivity contribution in [3.8, 4) is 5.75 Å². The molecule has 2 aromatic carbocycles. The summed E-state index contributed by atoms with van der Waals surface area (Å²) in [5.41, 5.74) is 0.959. The van der Waals surface area contributed by atoms with Crippen molar-refractivity contribution in [3.05, 3.63) is 70.7 Å². The summed E-state index contributed by atoms with van der Waals surface area (Å²) in [6.07, 6.45) is 0.0263. The van der Waals surface area contributed by atoms with E-state index in [1.54, 1.807) is 22.9 Å². The molecular formula is C21H20FN3O5S2. The van der Waals surface area contributed by atoms with Gasteiger partial charge in [-0.3, -0.25) is 14.3 Å². The van der Waals surface area contributed by atoms with E-state index in [0.29, 0.717) is 11.3 Å². The van der Waals surface area contributed by atoms with E-state index in [0.717, 1.165) is 24.3 Å². The lowest BCUT2D eigenvalue weighted by molar-refractivity contribution is -0.116. The molecule has 0 saturated carbocycles. The topological polar surface area (TPSA) is 114 Å². The Morgan fingerprint density at radius 1 is 1.09 bits per heavy atom. The SMILES string of the molecule is COc1ccc(NC(=O)CCNC(=O)c2ccsc2)cc1NS(=O)(=O)c1ccc(F)cc1. The number of carbonyl (C=O) groups excluding carboxylic acids is 2. The molecule has 0 aliphatic carbocycles. The number of amides is 2. The van der Waals surface area contributed by atoms with Gasteiger partial charge in [0.05, 0.1) is 17.7 Å². The Kier molecular flexibility index (Phi) is 7.44. The van der Waals surface area contributed by atoms with Crippen molar-refractivity contribution in [1.82, 2.24) is 5.32 Å². The highest BCUT2D eigenvalue weighted by molar-refractivity contribution is 7.92. The lowest BCUT2D eigenvalue weighted by Gasteiger charge is -2.14. The van der Waals surface area contributed by atoms with Crippen LogP contribution in [-0.2, 0) is 14.8 Å². The van der Waals surface area contributed by atoms with Crippen molar-refractivity contribution in [2.75, 3.05) is 23.7 Å². The lowest BCUT2D eigenvalue weighted by Crippen LogP contribution is -2.27. The Morgan fingerprint density at radius 3 is 2.50 bits per heavy atom. The van der Waals surface area contributed by atoms with Gasteiger partial charge in [-0.05, 0) is 53.9 Å². The van der Waals surface area contributed by atoms with Crippen LogP contribution in [0.2, 0.25) is 0 Å². The number of methoxy groups -OCH3 is 1. The van der Waals surface area contributed by atoms with Crippen LogP contribution in [0.25, 0.3) is 0 Å². The molecule has 0 atom stereocenters. The van der Waals surface area contributed by atoms with Gasteiger partial charge in [0.2, 0.25) is 5.91 Å². The van der Waals surface area contributed by atoms with Crippen molar-refractivity contribution in [2.24, 2.45) is 0 Å². The maximum absolute atomic E-state index is 13.1. The van der Waals surface area contributed by atoms with E-state index in [2.05, 4.69) is 15.4 Å². The molecule has 0 spiro atoms. The molecule has 3 N–H and O–H groups in total. The Morgan fingerprint density at radius 2 is 1.84 bits per heavy atom. The van der Waals surface area contributed by atoms with Gasteiger partial charge in [-0.25, -0.2) is 12.8 Å². The molecule has 3 rings (SSSR count).